The summed E-state index contributed by atoms with van der Waals surface area (Å²) >= 11 is -3.76. The fourth-order valence-electron chi connectivity index (χ4n) is 0.780. The summed E-state index contributed by atoms with van der Waals surface area (Å²) in [5.41, 5.74) is 0. The van der Waals surface area contributed by atoms with Crippen molar-refractivity contribution in [3.05, 3.63) is 0 Å². The van der Waals surface area contributed by atoms with E-state index in [0.717, 1.165) is 0 Å². The van der Waals surface area contributed by atoms with E-state index in [0.29, 0.717) is 0 Å². The van der Waals surface area contributed by atoms with Crippen molar-refractivity contribution in [3.63, 3.8) is 0 Å². The molecule has 0 aromatic heterocycles. The number of rotatable bonds is 3. The van der Waals surface area contributed by atoms with Crippen LogP contribution in [0.2, 0.25) is 16.0 Å². The van der Waals surface area contributed by atoms with Gasteiger partial charge in [0, 0.05) is 0 Å². The fourth-order valence-corrected chi connectivity index (χ4v) is 3.22. The molecular weight excluding hydrogens is 269 g/mol. The van der Waals surface area contributed by atoms with Crippen LogP contribution in [0.5, 0.6) is 0 Å². The zero-order chi connectivity index (χ0) is 11.4. The third-order valence-corrected chi connectivity index (χ3v) is 4.49. The summed E-state index contributed by atoms with van der Waals surface area (Å²) in [6, 6.07) is 0. The van der Waals surface area contributed by atoms with Gasteiger partial charge in [-0.1, -0.05) is 0 Å². The third kappa shape index (κ3) is 9.13. The Morgan fingerprint density at radius 3 is 1.12 bits per heavy atom. The van der Waals surface area contributed by atoms with Crippen molar-refractivity contribution < 1.29 is 53.1 Å². The molecule has 0 unspecified atom stereocenters. The topological polar surface area (TPSA) is 199 Å². The Morgan fingerprint density at radius 2 is 1.00 bits per heavy atom. The third-order valence-electron chi connectivity index (χ3n) is 1.09. The number of carbonyl (C=O) groups is 3. The van der Waals surface area contributed by atoms with E-state index in [1.54, 1.807) is 0 Å². The SMILES string of the molecule is O.O.[N]#[Mn]([CH2]C(=O)O)([CH2]C(=O)O)[CH2]C(=O)O. The van der Waals surface area contributed by atoms with E-state index in [-0.39, 0.29) is 11.0 Å². The molecule has 16 heavy (non-hydrogen) atoms. The molecule has 0 aromatic rings. The molecule has 0 fully saturated rings. The summed E-state index contributed by atoms with van der Waals surface area (Å²) in [6.07, 6.45) is 0. The summed E-state index contributed by atoms with van der Waals surface area (Å²) < 4.78 is 9.52. The van der Waals surface area contributed by atoms with Gasteiger partial charge in [0.05, 0.1) is 0 Å². The number of hydrogen-bond acceptors (Lipinski definition) is 4. The molecule has 0 aliphatic heterocycles. The molecule has 0 aliphatic carbocycles. The van der Waals surface area contributed by atoms with E-state index >= 15 is 0 Å². The average molecular weight is 282 g/mol. The van der Waals surface area contributed by atoms with Crippen LogP contribution in [-0.4, -0.2) is 44.2 Å². The quantitative estimate of drug-likeness (QED) is 0.521. The van der Waals surface area contributed by atoms with E-state index in [4.69, 9.17) is 15.3 Å². The second-order valence-corrected chi connectivity index (χ2v) is 6.65. The number of carboxylic acids is 3. The molecule has 0 amide bonds. The van der Waals surface area contributed by atoms with Gasteiger partial charge in [0.1, 0.15) is 0 Å². The van der Waals surface area contributed by atoms with Crippen molar-refractivity contribution >= 4 is 17.9 Å². The molecule has 0 bridgehead atoms. The summed E-state index contributed by atoms with van der Waals surface area (Å²) in [5, 5.41) is 22.8. The van der Waals surface area contributed by atoms with Gasteiger partial charge in [0.25, 0.3) is 0 Å². The molecule has 10 heteroatoms. The molecule has 0 spiro atoms. The zero-order valence-corrected chi connectivity index (χ0v) is 9.19. The van der Waals surface area contributed by atoms with Crippen LogP contribution >= 0.6 is 0 Å². The van der Waals surface area contributed by atoms with E-state index in [1.807, 2.05) is 0 Å². The Bertz CT molecular complexity index is 313. The van der Waals surface area contributed by atoms with Crippen LogP contribution < -0.4 is 0 Å². The standard InChI is InChI=1S/3C2H3O2.Mn.N.2H2O/c3*1-2(3)4;;;;/h3*1H2,(H,3,4);;;2*1H2. The van der Waals surface area contributed by atoms with Crippen LogP contribution in [-0.2, 0) is 26.9 Å². The Hall–Kier alpha value is -1.44. The number of hydrogen-bond donors (Lipinski definition) is 3. The molecule has 0 aromatic carbocycles. The van der Waals surface area contributed by atoms with Gasteiger partial charge in [-0.15, -0.1) is 0 Å². The Balaban J connectivity index is -0.000000845. The first-order valence-electron chi connectivity index (χ1n) is 3.31. The van der Waals surface area contributed by atoms with Gasteiger partial charge >= 0.3 is 80.2 Å². The number of carboxylic acid groups (broad SMARTS) is 3. The van der Waals surface area contributed by atoms with Gasteiger partial charge in [-0.05, 0) is 0 Å². The second kappa shape index (κ2) is 7.80. The van der Waals surface area contributed by atoms with Gasteiger partial charge in [-0.3, -0.25) is 0 Å². The van der Waals surface area contributed by atoms with Crippen LogP contribution in [0.3, 0.4) is 0 Å². The Labute approximate surface area is 91.8 Å². The van der Waals surface area contributed by atoms with E-state index in [9.17, 15) is 18.6 Å². The van der Waals surface area contributed by atoms with E-state index in [2.05, 4.69) is 0 Å². The second-order valence-electron chi connectivity index (χ2n) is 2.51. The predicted octanol–water partition coefficient (Wildman–Crippen LogP) is -1.52. The summed E-state index contributed by atoms with van der Waals surface area (Å²) in [6.45, 7) is 0. The Morgan fingerprint density at radius 1 is 0.812 bits per heavy atom. The maximum absolute atomic E-state index is 10.3. The minimum absolute atomic E-state index is 0. The van der Waals surface area contributed by atoms with Gasteiger partial charge < -0.3 is 11.0 Å². The Kier molecular flexibility index (Phi) is 9.77. The first-order valence-corrected chi connectivity index (χ1v) is 6.35. The van der Waals surface area contributed by atoms with Crippen molar-refractivity contribution in [2.45, 2.75) is 16.0 Å². The average Bonchev–Trinajstić information content (AvgIpc) is 1.76. The first-order chi connectivity index (χ1) is 6.25. The van der Waals surface area contributed by atoms with Gasteiger partial charge in [0.15, 0.2) is 0 Å². The molecule has 9 nitrogen and oxygen atoms in total. The fraction of sp³-hybridized carbons (Fsp3) is 0.500. The molecular formula is C6H13MnNO8. The monoisotopic (exact) mass is 282 g/mol. The molecule has 0 rings (SSSR count). The van der Waals surface area contributed by atoms with Crippen molar-refractivity contribution in [2.75, 3.05) is 0 Å². The zero-order valence-electron chi connectivity index (χ0n) is 8.01. The summed E-state index contributed by atoms with van der Waals surface area (Å²) in [7, 11) is 0. The minimum atomic E-state index is -3.76. The molecule has 0 saturated carbocycles. The molecule has 0 aliphatic rings. The van der Waals surface area contributed by atoms with E-state index < -0.39 is 46.3 Å². The molecule has 97 valence electrons. The van der Waals surface area contributed by atoms with Crippen molar-refractivity contribution in [2.24, 2.45) is 0 Å². The first kappa shape index (κ1) is 20.0. The maximum atomic E-state index is 10.3. The van der Waals surface area contributed by atoms with Crippen LogP contribution in [0.4, 0.5) is 0 Å². The van der Waals surface area contributed by atoms with Crippen molar-refractivity contribution in [3.8, 4) is 0 Å². The van der Waals surface area contributed by atoms with Gasteiger partial charge in [-0.2, -0.15) is 0 Å². The normalized spacial score (nSPS) is 9.44. The van der Waals surface area contributed by atoms with Crippen LogP contribution in [0.1, 0.15) is 0 Å². The summed E-state index contributed by atoms with van der Waals surface area (Å²) in [4.78, 5) is 30.8. The number of nitrogens with zero attached hydrogens (tertiary/aromatic N) is 1. The van der Waals surface area contributed by atoms with Gasteiger partial charge in [0.2, 0.25) is 0 Å². The van der Waals surface area contributed by atoms with E-state index in [1.165, 1.54) is 0 Å². The van der Waals surface area contributed by atoms with Crippen molar-refractivity contribution in [1.29, 1.82) is 4.20 Å². The molecule has 0 radical (unpaired) electrons. The number of aliphatic carboxylic acids is 3. The van der Waals surface area contributed by atoms with Crippen LogP contribution in [0, 0.1) is 4.20 Å². The summed E-state index contributed by atoms with van der Waals surface area (Å²) in [5.74, 6) is -4.16. The van der Waals surface area contributed by atoms with Crippen LogP contribution in [0.15, 0.2) is 0 Å². The molecule has 0 saturated heterocycles. The molecule has 7 N–H and O–H groups in total. The molecule has 0 atom stereocenters. The van der Waals surface area contributed by atoms with Crippen LogP contribution in [0.25, 0.3) is 0 Å². The predicted molar refractivity (Wildman–Crippen MR) is 46.3 cm³/mol. The van der Waals surface area contributed by atoms with Gasteiger partial charge in [-0.25, -0.2) is 0 Å². The molecule has 0 heterocycles. The van der Waals surface area contributed by atoms with Crippen molar-refractivity contribution in [1.82, 2.24) is 0 Å².